The van der Waals surface area contributed by atoms with E-state index in [0.29, 0.717) is 6.07 Å². The van der Waals surface area contributed by atoms with E-state index in [9.17, 15) is 23.5 Å². The number of rotatable bonds is 2. The minimum Gasteiger partial charge on any atom is -0.477 e. The number of fused-ring (bicyclic) bond motifs is 1. The van der Waals surface area contributed by atoms with Crippen LogP contribution in [-0.4, -0.2) is 11.1 Å². The molecule has 0 atom stereocenters. The summed E-state index contributed by atoms with van der Waals surface area (Å²) in [5.41, 5.74) is -1.69. The van der Waals surface area contributed by atoms with Crippen LogP contribution in [0.4, 0.5) is 8.78 Å². The van der Waals surface area contributed by atoms with E-state index in [1.807, 2.05) is 0 Å². The second-order valence-electron chi connectivity index (χ2n) is 4.74. The van der Waals surface area contributed by atoms with Crippen LogP contribution in [0.3, 0.4) is 0 Å². The Morgan fingerprint density at radius 2 is 1.74 bits per heavy atom. The normalized spacial score (nSPS) is 10.9. The van der Waals surface area contributed by atoms with Gasteiger partial charge >= 0.3 is 5.97 Å². The molecule has 23 heavy (non-hydrogen) atoms. The Labute approximate surface area is 132 Å². The van der Waals surface area contributed by atoms with E-state index >= 15 is 0 Å². The molecule has 1 aromatic heterocycles. The molecule has 0 unspecified atom stereocenters. The van der Waals surface area contributed by atoms with Gasteiger partial charge in [-0.2, -0.15) is 0 Å². The van der Waals surface area contributed by atoms with Gasteiger partial charge in [0.05, 0.1) is 5.39 Å². The third-order valence-corrected chi connectivity index (χ3v) is 3.43. The maximum absolute atomic E-state index is 13.4. The number of carbonyl (C=O) groups is 1. The van der Waals surface area contributed by atoms with Crippen molar-refractivity contribution in [3.63, 3.8) is 0 Å². The molecule has 3 rings (SSSR count). The fourth-order valence-electron chi connectivity index (χ4n) is 2.25. The Bertz CT molecular complexity index is 991. The summed E-state index contributed by atoms with van der Waals surface area (Å²) in [7, 11) is 0. The Hall–Kier alpha value is -2.73. The van der Waals surface area contributed by atoms with Gasteiger partial charge in [-0.25, -0.2) is 13.6 Å². The van der Waals surface area contributed by atoms with Gasteiger partial charge in [0, 0.05) is 16.7 Å². The molecule has 0 saturated heterocycles. The summed E-state index contributed by atoms with van der Waals surface area (Å²) in [5, 5.41) is 9.49. The van der Waals surface area contributed by atoms with Crippen molar-refractivity contribution >= 4 is 28.5 Å². The summed E-state index contributed by atoms with van der Waals surface area (Å²) in [6, 6.07) is 6.49. The Balaban J connectivity index is 2.44. The van der Waals surface area contributed by atoms with Crippen molar-refractivity contribution in [2.45, 2.75) is 0 Å². The van der Waals surface area contributed by atoms with Crippen molar-refractivity contribution in [3.8, 4) is 11.3 Å². The molecule has 2 aromatic carbocycles. The number of benzene rings is 2. The van der Waals surface area contributed by atoms with Crippen LogP contribution < -0.4 is 5.43 Å². The smallest absolute Gasteiger partial charge is 0.343 e. The molecular weight excluding hydrogens is 330 g/mol. The van der Waals surface area contributed by atoms with Crippen LogP contribution in [0.1, 0.15) is 10.4 Å². The molecule has 0 radical (unpaired) electrons. The fourth-order valence-corrected chi connectivity index (χ4v) is 2.42. The molecule has 3 aromatic rings. The van der Waals surface area contributed by atoms with Crippen LogP contribution >= 0.6 is 11.6 Å². The first-order valence-electron chi connectivity index (χ1n) is 6.33. The van der Waals surface area contributed by atoms with E-state index in [0.717, 1.165) is 12.1 Å². The van der Waals surface area contributed by atoms with E-state index < -0.39 is 34.4 Å². The molecule has 116 valence electrons. The SMILES string of the molecule is O=C(O)c1c(-c2cc(F)cc(F)c2)oc2ccc(Cl)cc2c1=O. The lowest BCUT2D eigenvalue weighted by molar-refractivity contribution is 0.0694. The number of carboxylic acid groups (broad SMARTS) is 1. The average molecular weight is 337 g/mol. The first-order valence-corrected chi connectivity index (χ1v) is 6.71. The van der Waals surface area contributed by atoms with Crippen LogP contribution in [0.5, 0.6) is 0 Å². The summed E-state index contributed by atoms with van der Waals surface area (Å²) < 4.78 is 32.2. The largest absolute Gasteiger partial charge is 0.477 e. The molecule has 0 bridgehead atoms. The van der Waals surface area contributed by atoms with Crippen LogP contribution in [0.2, 0.25) is 5.02 Å². The minimum absolute atomic E-state index is 0.0319. The second kappa shape index (κ2) is 5.48. The molecule has 4 nitrogen and oxygen atoms in total. The van der Waals surface area contributed by atoms with Gasteiger partial charge in [-0.1, -0.05) is 11.6 Å². The quantitative estimate of drug-likeness (QED) is 0.765. The van der Waals surface area contributed by atoms with Crippen LogP contribution in [0.25, 0.3) is 22.3 Å². The van der Waals surface area contributed by atoms with Crippen molar-refractivity contribution in [3.05, 3.63) is 68.8 Å². The van der Waals surface area contributed by atoms with Gasteiger partial charge in [-0.05, 0) is 30.3 Å². The van der Waals surface area contributed by atoms with Crippen molar-refractivity contribution < 1.29 is 23.1 Å². The Kier molecular flexibility index (Phi) is 3.61. The van der Waals surface area contributed by atoms with Gasteiger partial charge in [0.15, 0.2) is 11.3 Å². The standard InChI is InChI=1S/C16H7ClF2O4/c17-8-1-2-12-11(5-8)14(20)13(16(21)22)15(23-12)7-3-9(18)6-10(19)4-7/h1-6H,(H,21,22). The highest BCUT2D eigenvalue weighted by Crippen LogP contribution is 2.28. The van der Waals surface area contributed by atoms with Crippen molar-refractivity contribution in [2.75, 3.05) is 0 Å². The van der Waals surface area contributed by atoms with E-state index in [-0.39, 0.29) is 21.6 Å². The van der Waals surface area contributed by atoms with Crippen LogP contribution in [0.15, 0.2) is 45.6 Å². The molecule has 0 fully saturated rings. The molecule has 0 aliphatic carbocycles. The predicted octanol–water partition coefficient (Wildman–Crippen LogP) is 4.09. The van der Waals surface area contributed by atoms with Crippen LogP contribution in [0, 0.1) is 11.6 Å². The maximum Gasteiger partial charge on any atom is 0.343 e. The topological polar surface area (TPSA) is 67.5 Å². The van der Waals surface area contributed by atoms with E-state index in [4.69, 9.17) is 16.0 Å². The van der Waals surface area contributed by atoms with Gasteiger partial charge in [0.1, 0.15) is 17.2 Å². The van der Waals surface area contributed by atoms with Crippen molar-refractivity contribution in [2.24, 2.45) is 0 Å². The highest BCUT2D eigenvalue weighted by atomic mass is 35.5. The fraction of sp³-hybridized carbons (Fsp3) is 0. The summed E-state index contributed by atoms with van der Waals surface area (Å²) >= 11 is 5.79. The lowest BCUT2D eigenvalue weighted by Crippen LogP contribution is -2.16. The lowest BCUT2D eigenvalue weighted by Gasteiger charge is -2.08. The lowest BCUT2D eigenvalue weighted by atomic mass is 10.0. The van der Waals surface area contributed by atoms with Crippen molar-refractivity contribution in [1.82, 2.24) is 0 Å². The van der Waals surface area contributed by atoms with Gasteiger partial charge < -0.3 is 9.52 Å². The minimum atomic E-state index is -1.57. The molecule has 0 saturated carbocycles. The molecule has 0 aliphatic rings. The Morgan fingerprint density at radius 1 is 1.09 bits per heavy atom. The molecule has 1 heterocycles. The highest BCUT2D eigenvalue weighted by Gasteiger charge is 2.22. The summed E-state index contributed by atoms with van der Waals surface area (Å²) in [6.45, 7) is 0. The molecule has 1 N–H and O–H groups in total. The van der Waals surface area contributed by atoms with E-state index in [2.05, 4.69) is 0 Å². The number of halogens is 3. The third kappa shape index (κ3) is 2.68. The third-order valence-electron chi connectivity index (χ3n) is 3.19. The maximum atomic E-state index is 13.4. The van der Waals surface area contributed by atoms with E-state index in [1.54, 1.807) is 0 Å². The zero-order valence-electron chi connectivity index (χ0n) is 11.3. The number of carboxylic acids is 1. The average Bonchev–Trinajstić information content (AvgIpc) is 2.46. The highest BCUT2D eigenvalue weighted by molar-refractivity contribution is 6.31. The van der Waals surface area contributed by atoms with Gasteiger partial charge in [-0.15, -0.1) is 0 Å². The number of hydrogen-bond acceptors (Lipinski definition) is 3. The molecule has 0 spiro atoms. The van der Waals surface area contributed by atoms with E-state index in [1.165, 1.54) is 18.2 Å². The molecule has 0 aliphatic heterocycles. The zero-order valence-corrected chi connectivity index (χ0v) is 12.0. The van der Waals surface area contributed by atoms with Crippen LogP contribution in [-0.2, 0) is 0 Å². The first-order chi connectivity index (χ1) is 10.9. The second-order valence-corrected chi connectivity index (χ2v) is 5.18. The molecule has 0 amide bonds. The summed E-state index contributed by atoms with van der Waals surface area (Å²) in [6.07, 6.45) is 0. The predicted molar refractivity (Wildman–Crippen MR) is 79.8 cm³/mol. The number of hydrogen-bond donors (Lipinski definition) is 1. The first kappa shape index (κ1) is 15.2. The van der Waals surface area contributed by atoms with Gasteiger partial charge in [-0.3, -0.25) is 4.79 Å². The summed E-state index contributed by atoms with van der Waals surface area (Å²) in [4.78, 5) is 23.8. The zero-order chi connectivity index (χ0) is 16.7. The molecular formula is C16H7ClF2O4. The van der Waals surface area contributed by atoms with Gasteiger partial charge in [0.25, 0.3) is 0 Å². The van der Waals surface area contributed by atoms with Crippen molar-refractivity contribution in [1.29, 1.82) is 0 Å². The Morgan fingerprint density at radius 3 is 2.35 bits per heavy atom. The molecule has 7 heteroatoms. The number of aromatic carboxylic acids is 1. The monoisotopic (exact) mass is 336 g/mol. The van der Waals surface area contributed by atoms with Gasteiger partial charge in [0.2, 0.25) is 5.43 Å². The summed E-state index contributed by atoms with van der Waals surface area (Å²) in [5.74, 6) is -3.83.